The molecular formula is C23H30N2O4. The maximum Gasteiger partial charge on any atom is 0.220 e. The quantitative estimate of drug-likeness (QED) is 0.610. The fourth-order valence-electron chi connectivity index (χ4n) is 2.85. The molecule has 6 heteroatoms. The fraction of sp³-hybridized carbons (Fsp3) is 0.391. The zero-order chi connectivity index (χ0) is 21.1. The summed E-state index contributed by atoms with van der Waals surface area (Å²) in [5, 5.41) is 5.80. The summed E-state index contributed by atoms with van der Waals surface area (Å²) in [5.41, 5.74) is 2.17. The third-order valence-electron chi connectivity index (χ3n) is 4.61. The molecule has 0 aliphatic carbocycles. The molecule has 29 heavy (non-hydrogen) atoms. The van der Waals surface area contributed by atoms with Crippen LogP contribution in [0, 0.1) is 0 Å². The second-order valence-electron chi connectivity index (χ2n) is 6.97. The number of aryl methyl sites for hydroxylation is 2. The van der Waals surface area contributed by atoms with Crippen LogP contribution in [0.2, 0.25) is 0 Å². The van der Waals surface area contributed by atoms with E-state index in [4.69, 9.17) is 9.47 Å². The van der Waals surface area contributed by atoms with Gasteiger partial charge in [-0.3, -0.25) is 9.59 Å². The molecule has 2 rings (SSSR count). The molecule has 0 unspecified atom stereocenters. The molecule has 0 aliphatic rings. The van der Waals surface area contributed by atoms with Crippen LogP contribution in [0.5, 0.6) is 11.5 Å². The first kappa shape index (κ1) is 22.3. The van der Waals surface area contributed by atoms with Crippen LogP contribution >= 0.6 is 0 Å². The highest BCUT2D eigenvalue weighted by atomic mass is 16.5. The van der Waals surface area contributed by atoms with E-state index in [1.54, 1.807) is 14.2 Å². The molecule has 2 amide bonds. The van der Waals surface area contributed by atoms with E-state index in [-0.39, 0.29) is 17.9 Å². The largest absolute Gasteiger partial charge is 0.497 e. The molecule has 0 radical (unpaired) electrons. The Labute approximate surface area is 172 Å². The zero-order valence-electron chi connectivity index (χ0n) is 17.4. The highest BCUT2D eigenvalue weighted by molar-refractivity contribution is 5.77. The van der Waals surface area contributed by atoms with Gasteiger partial charge in [-0.15, -0.1) is 0 Å². The third kappa shape index (κ3) is 8.25. The van der Waals surface area contributed by atoms with Crippen LogP contribution in [0.4, 0.5) is 0 Å². The van der Waals surface area contributed by atoms with E-state index in [2.05, 4.69) is 10.6 Å². The smallest absolute Gasteiger partial charge is 0.220 e. The number of benzene rings is 2. The molecule has 2 aromatic rings. The van der Waals surface area contributed by atoms with Crippen LogP contribution in [0.3, 0.4) is 0 Å². The van der Waals surface area contributed by atoms with Crippen molar-refractivity contribution in [1.29, 1.82) is 0 Å². The summed E-state index contributed by atoms with van der Waals surface area (Å²) in [6, 6.07) is 15.2. The Kier molecular flexibility index (Phi) is 9.02. The van der Waals surface area contributed by atoms with Crippen LogP contribution in [-0.4, -0.2) is 38.6 Å². The molecule has 156 valence electrons. The Morgan fingerprint density at radius 3 is 1.69 bits per heavy atom. The van der Waals surface area contributed by atoms with Gasteiger partial charge in [-0.25, -0.2) is 0 Å². The topological polar surface area (TPSA) is 76.7 Å². The minimum Gasteiger partial charge on any atom is -0.497 e. The van der Waals surface area contributed by atoms with E-state index in [1.807, 2.05) is 55.5 Å². The van der Waals surface area contributed by atoms with Gasteiger partial charge >= 0.3 is 0 Å². The lowest BCUT2D eigenvalue weighted by molar-refractivity contribution is -0.123. The lowest BCUT2D eigenvalue weighted by atomic mass is 10.1. The summed E-state index contributed by atoms with van der Waals surface area (Å²) in [5.74, 6) is 1.55. The maximum absolute atomic E-state index is 12.1. The van der Waals surface area contributed by atoms with Gasteiger partial charge in [0.1, 0.15) is 11.5 Å². The number of methoxy groups -OCH3 is 2. The van der Waals surface area contributed by atoms with Crippen LogP contribution in [0.1, 0.15) is 30.9 Å². The SMILES string of the molecule is COc1ccc(CCC(=O)NC[C@H](C)NC(=O)CCc2ccc(OC)cc2)cc1. The van der Waals surface area contributed by atoms with Crippen molar-refractivity contribution in [3.8, 4) is 11.5 Å². The lowest BCUT2D eigenvalue weighted by Gasteiger charge is -2.15. The number of ether oxygens (including phenoxy) is 2. The van der Waals surface area contributed by atoms with Gasteiger partial charge in [0.15, 0.2) is 0 Å². The summed E-state index contributed by atoms with van der Waals surface area (Å²) >= 11 is 0. The van der Waals surface area contributed by atoms with Crippen molar-refractivity contribution in [1.82, 2.24) is 10.6 Å². The van der Waals surface area contributed by atoms with E-state index >= 15 is 0 Å². The van der Waals surface area contributed by atoms with Gasteiger partial charge in [0, 0.05) is 25.4 Å². The molecule has 2 N–H and O–H groups in total. The highest BCUT2D eigenvalue weighted by Crippen LogP contribution is 2.13. The molecule has 0 fully saturated rings. The number of hydrogen-bond donors (Lipinski definition) is 2. The van der Waals surface area contributed by atoms with E-state index in [0.29, 0.717) is 32.2 Å². The number of nitrogens with one attached hydrogen (secondary N) is 2. The van der Waals surface area contributed by atoms with Crippen molar-refractivity contribution in [3.05, 3.63) is 59.7 Å². The van der Waals surface area contributed by atoms with Crippen molar-refractivity contribution >= 4 is 11.8 Å². The predicted molar refractivity (Wildman–Crippen MR) is 113 cm³/mol. The Hall–Kier alpha value is -3.02. The van der Waals surface area contributed by atoms with Gasteiger partial charge in [0.25, 0.3) is 0 Å². The average molecular weight is 399 g/mol. The Bertz CT molecular complexity index is 772. The van der Waals surface area contributed by atoms with Crippen molar-refractivity contribution in [3.63, 3.8) is 0 Å². The normalized spacial score (nSPS) is 11.4. The molecule has 0 aliphatic heterocycles. The van der Waals surface area contributed by atoms with Crippen molar-refractivity contribution in [2.75, 3.05) is 20.8 Å². The highest BCUT2D eigenvalue weighted by Gasteiger charge is 2.10. The maximum atomic E-state index is 12.1. The molecule has 0 saturated heterocycles. The first-order valence-electron chi connectivity index (χ1n) is 9.82. The summed E-state index contributed by atoms with van der Waals surface area (Å²) in [7, 11) is 3.25. The molecular weight excluding hydrogens is 368 g/mol. The van der Waals surface area contributed by atoms with Gasteiger partial charge in [-0.1, -0.05) is 24.3 Å². The van der Waals surface area contributed by atoms with E-state index in [1.165, 1.54) is 0 Å². The summed E-state index contributed by atoms with van der Waals surface area (Å²) < 4.78 is 10.3. The van der Waals surface area contributed by atoms with Gasteiger partial charge in [-0.2, -0.15) is 0 Å². The monoisotopic (exact) mass is 398 g/mol. The molecule has 0 spiro atoms. The van der Waals surface area contributed by atoms with E-state index in [9.17, 15) is 9.59 Å². The lowest BCUT2D eigenvalue weighted by Crippen LogP contribution is -2.41. The number of carbonyl (C=O) groups is 2. The standard InChI is InChI=1S/C23H30N2O4/c1-17(25-23(27)15-9-19-6-12-21(29-3)13-7-19)16-24-22(26)14-8-18-4-10-20(28-2)11-5-18/h4-7,10-13,17H,8-9,14-16H2,1-3H3,(H,24,26)(H,25,27)/t17-/m0/s1. The van der Waals surface area contributed by atoms with Gasteiger partial charge < -0.3 is 20.1 Å². The molecule has 6 nitrogen and oxygen atoms in total. The number of amides is 2. The van der Waals surface area contributed by atoms with E-state index < -0.39 is 0 Å². The molecule has 0 aromatic heterocycles. The Balaban J connectivity index is 1.62. The van der Waals surface area contributed by atoms with Crippen molar-refractivity contribution in [2.45, 2.75) is 38.6 Å². The first-order chi connectivity index (χ1) is 14.0. The number of carbonyl (C=O) groups excluding carboxylic acids is 2. The molecule has 0 saturated carbocycles. The van der Waals surface area contributed by atoms with Crippen molar-refractivity contribution in [2.24, 2.45) is 0 Å². The second kappa shape index (κ2) is 11.7. The van der Waals surface area contributed by atoms with Crippen LogP contribution < -0.4 is 20.1 Å². The molecule has 0 heterocycles. The average Bonchev–Trinajstić information content (AvgIpc) is 2.75. The minimum absolute atomic E-state index is 0.0270. The Morgan fingerprint density at radius 2 is 1.24 bits per heavy atom. The van der Waals surface area contributed by atoms with Gasteiger partial charge in [-0.05, 0) is 55.2 Å². The van der Waals surface area contributed by atoms with Gasteiger partial charge in [0.05, 0.1) is 14.2 Å². The fourth-order valence-corrected chi connectivity index (χ4v) is 2.85. The number of hydrogen-bond acceptors (Lipinski definition) is 4. The summed E-state index contributed by atoms with van der Waals surface area (Å²) in [6.45, 7) is 2.30. The molecule has 0 bridgehead atoms. The van der Waals surface area contributed by atoms with Crippen molar-refractivity contribution < 1.29 is 19.1 Å². The summed E-state index contributed by atoms with van der Waals surface area (Å²) in [6.07, 6.45) is 2.14. The van der Waals surface area contributed by atoms with Gasteiger partial charge in [0.2, 0.25) is 11.8 Å². The molecule has 2 aromatic carbocycles. The van der Waals surface area contributed by atoms with Crippen LogP contribution in [0.25, 0.3) is 0 Å². The minimum atomic E-state index is -0.122. The predicted octanol–water partition coefficient (Wildman–Crippen LogP) is 2.89. The van der Waals surface area contributed by atoms with E-state index in [0.717, 1.165) is 22.6 Å². The Morgan fingerprint density at radius 1 is 0.793 bits per heavy atom. The third-order valence-corrected chi connectivity index (χ3v) is 4.61. The second-order valence-corrected chi connectivity index (χ2v) is 6.97. The van der Waals surface area contributed by atoms with Crippen LogP contribution in [-0.2, 0) is 22.4 Å². The molecule has 1 atom stereocenters. The zero-order valence-corrected chi connectivity index (χ0v) is 17.4. The number of rotatable bonds is 11. The first-order valence-corrected chi connectivity index (χ1v) is 9.82. The summed E-state index contributed by atoms with van der Waals surface area (Å²) in [4.78, 5) is 24.1. The van der Waals surface area contributed by atoms with Crippen LogP contribution in [0.15, 0.2) is 48.5 Å².